The normalized spacial score (nSPS) is 15.3. The lowest BCUT2D eigenvalue weighted by Gasteiger charge is -2.20. The second-order valence-corrected chi connectivity index (χ2v) is 3.90. The van der Waals surface area contributed by atoms with Crippen LogP contribution < -0.4 is 0 Å². The molecule has 5 heteroatoms. The van der Waals surface area contributed by atoms with E-state index in [0.717, 1.165) is 0 Å². The maximum atomic E-state index is 11.2. The van der Waals surface area contributed by atoms with E-state index >= 15 is 0 Å². The van der Waals surface area contributed by atoms with Crippen LogP contribution in [-0.2, 0) is 23.7 Å². The molecule has 0 aromatic carbocycles. The van der Waals surface area contributed by atoms with E-state index < -0.39 is 18.5 Å². The lowest BCUT2D eigenvalue weighted by Crippen LogP contribution is -2.27. The van der Waals surface area contributed by atoms with Crippen molar-refractivity contribution in [2.75, 3.05) is 6.61 Å². The summed E-state index contributed by atoms with van der Waals surface area (Å²) in [6, 6.07) is 0. The zero-order valence-corrected chi connectivity index (χ0v) is 11.5. The van der Waals surface area contributed by atoms with Crippen molar-refractivity contribution in [1.82, 2.24) is 0 Å². The molecule has 0 bridgehead atoms. The van der Waals surface area contributed by atoms with Crippen LogP contribution in [0.3, 0.4) is 0 Å². The Morgan fingerprint density at radius 2 is 1.89 bits per heavy atom. The summed E-state index contributed by atoms with van der Waals surface area (Å²) < 4.78 is 20.7. The third kappa shape index (κ3) is 7.86. The van der Waals surface area contributed by atoms with E-state index in [4.69, 9.17) is 18.9 Å². The molecule has 0 N–H and O–H groups in total. The Kier molecular flexibility index (Phi) is 8.07. The van der Waals surface area contributed by atoms with Crippen LogP contribution in [-0.4, -0.2) is 31.3 Å². The summed E-state index contributed by atoms with van der Waals surface area (Å²) in [5.74, 6) is -0.428. The quantitative estimate of drug-likeness (QED) is 0.275. The van der Waals surface area contributed by atoms with Gasteiger partial charge in [0.1, 0.15) is 6.10 Å². The number of carbonyl (C=O) groups excluding carboxylic acids is 1. The fourth-order valence-corrected chi connectivity index (χ4v) is 1.07. The predicted molar refractivity (Wildman–Crippen MR) is 67.6 cm³/mol. The molecule has 0 rings (SSSR count). The van der Waals surface area contributed by atoms with Gasteiger partial charge in [0.25, 0.3) is 0 Å². The van der Waals surface area contributed by atoms with E-state index in [-0.39, 0.29) is 12.7 Å². The molecule has 104 valence electrons. The fraction of sp³-hybridized carbons (Fsp3) is 0.615. The summed E-state index contributed by atoms with van der Waals surface area (Å²) in [5.41, 5.74) is 0.360. The molecule has 0 heterocycles. The molecule has 0 aromatic rings. The summed E-state index contributed by atoms with van der Waals surface area (Å²) in [6.07, 6.45) is 0.0295. The van der Waals surface area contributed by atoms with Crippen molar-refractivity contribution in [1.29, 1.82) is 0 Å². The average molecular weight is 258 g/mol. The summed E-state index contributed by atoms with van der Waals surface area (Å²) in [5, 5.41) is 0. The number of hydrogen-bond acceptors (Lipinski definition) is 5. The van der Waals surface area contributed by atoms with Crippen molar-refractivity contribution in [3.05, 3.63) is 25.0 Å². The Labute approximate surface area is 108 Å². The molecular weight excluding hydrogens is 236 g/mol. The predicted octanol–water partition coefficient (Wildman–Crippen LogP) is 2.38. The largest absolute Gasteiger partial charge is 0.473 e. The molecule has 0 aromatic heterocycles. The fourth-order valence-electron chi connectivity index (χ4n) is 1.07. The van der Waals surface area contributed by atoms with Crippen LogP contribution in [0.5, 0.6) is 0 Å². The van der Waals surface area contributed by atoms with E-state index in [1.54, 1.807) is 27.7 Å². The van der Waals surface area contributed by atoms with Gasteiger partial charge in [0.2, 0.25) is 0 Å². The standard InChI is InChI=1S/C13H22O5/c1-7-15-11(5)18-12(6)16-8-10(4)17-13(14)9(2)3/h7,10-12H,1-2,8H2,3-6H3. The van der Waals surface area contributed by atoms with Gasteiger partial charge in [-0.2, -0.15) is 0 Å². The Bertz CT molecular complexity index is 287. The highest BCUT2D eigenvalue weighted by atomic mass is 16.8. The lowest BCUT2D eigenvalue weighted by atomic mass is 10.3. The third-order valence-corrected chi connectivity index (χ3v) is 1.89. The molecule has 0 radical (unpaired) electrons. The first-order valence-electron chi connectivity index (χ1n) is 5.76. The zero-order chi connectivity index (χ0) is 14.1. The molecule has 18 heavy (non-hydrogen) atoms. The summed E-state index contributed by atoms with van der Waals surface area (Å²) >= 11 is 0. The minimum absolute atomic E-state index is 0.237. The maximum absolute atomic E-state index is 11.2. The molecule has 0 aliphatic carbocycles. The van der Waals surface area contributed by atoms with Crippen LogP contribution in [0.25, 0.3) is 0 Å². The van der Waals surface area contributed by atoms with Crippen molar-refractivity contribution in [2.45, 2.75) is 46.4 Å². The number of rotatable bonds is 9. The number of carbonyl (C=O) groups is 1. The highest BCUT2D eigenvalue weighted by molar-refractivity contribution is 5.87. The monoisotopic (exact) mass is 258 g/mol. The summed E-state index contributed by atoms with van der Waals surface area (Å²) in [4.78, 5) is 11.2. The number of ether oxygens (including phenoxy) is 4. The van der Waals surface area contributed by atoms with Gasteiger partial charge in [0, 0.05) is 5.57 Å². The van der Waals surface area contributed by atoms with Crippen LogP contribution in [0.2, 0.25) is 0 Å². The van der Waals surface area contributed by atoms with Crippen LogP contribution >= 0.6 is 0 Å². The van der Waals surface area contributed by atoms with Crippen LogP contribution in [0.15, 0.2) is 25.0 Å². The Balaban J connectivity index is 3.83. The van der Waals surface area contributed by atoms with Gasteiger partial charge in [0.05, 0.1) is 12.9 Å². The van der Waals surface area contributed by atoms with Gasteiger partial charge in [-0.3, -0.25) is 0 Å². The summed E-state index contributed by atoms with van der Waals surface area (Å²) in [6.45, 7) is 13.9. The van der Waals surface area contributed by atoms with Crippen LogP contribution in [0, 0.1) is 0 Å². The van der Waals surface area contributed by atoms with Gasteiger partial charge in [0.15, 0.2) is 12.6 Å². The summed E-state index contributed by atoms with van der Waals surface area (Å²) in [7, 11) is 0. The van der Waals surface area contributed by atoms with Crippen molar-refractivity contribution in [3.63, 3.8) is 0 Å². The lowest BCUT2D eigenvalue weighted by molar-refractivity contribution is -0.223. The molecule has 0 aliphatic heterocycles. The Morgan fingerprint density at radius 3 is 2.39 bits per heavy atom. The van der Waals surface area contributed by atoms with Gasteiger partial charge in [-0.1, -0.05) is 13.2 Å². The van der Waals surface area contributed by atoms with Crippen molar-refractivity contribution >= 4 is 5.97 Å². The zero-order valence-electron chi connectivity index (χ0n) is 11.5. The third-order valence-electron chi connectivity index (χ3n) is 1.89. The smallest absolute Gasteiger partial charge is 0.333 e. The second-order valence-electron chi connectivity index (χ2n) is 3.90. The topological polar surface area (TPSA) is 54.0 Å². The molecule has 0 spiro atoms. The maximum Gasteiger partial charge on any atom is 0.333 e. The number of hydrogen-bond donors (Lipinski definition) is 0. The van der Waals surface area contributed by atoms with Gasteiger partial charge < -0.3 is 18.9 Å². The number of esters is 1. The van der Waals surface area contributed by atoms with Crippen molar-refractivity contribution in [3.8, 4) is 0 Å². The highest BCUT2D eigenvalue weighted by Gasteiger charge is 2.13. The Hall–Kier alpha value is -1.33. The Morgan fingerprint density at radius 1 is 1.28 bits per heavy atom. The van der Waals surface area contributed by atoms with E-state index in [9.17, 15) is 4.79 Å². The van der Waals surface area contributed by atoms with E-state index in [2.05, 4.69) is 13.2 Å². The minimum atomic E-state index is -0.467. The molecule has 0 saturated heterocycles. The average Bonchev–Trinajstić information content (AvgIpc) is 2.26. The molecular formula is C13H22O5. The first-order valence-corrected chi connectivity index (χ1v) is 5.76. The first kappa shape index (κ1) is 16.7. The molecule has 0 aliphatic rings. The minimum Gasteiger partial charge on any atom is -0.473 e. The molecule has 3 unspecified atom stereocenters. The van der Waals surface area contributed by atoms with Gasteiger partial charge in [-0.15, -0.1) is 0 Å². The van der Waals surface area contributed by atoms with Gasteiger partial charge in [-0.25, -0.2) is 4.79 Å². The second kappa shape index (κ2) is 8.72. The van der Waals surface area contributed by atoms with E-state index in [0.29, 0.717) is 5.57 Å². The van der Waals surface area contributed by atoms with Crippen LogP contribution in [0.1, 0.15) is 27.7 Å². The van der Waals surface area contributed by atoms with Gasteiger partial charge in [-0.05, 0) is 27.7 Å². The van der Waals surface area contributed by atoms with Crippen LogP contribution in [0.4, 0.5) is 0 Å². The van der Waals surface area contributed by atoms with E-state index in [1.807, 2.05) is 0 Å². The molecule has 0 saturated carbocycles. The van der Waals surface area contributed by atoms with Crippen molar-refractivity contribution in [2.24, 2.45) is 0 Å². The molecule has 3 atom stereocenters. The first-order chi connectivity index (χ1) is 8.36. The highest BCUT2D eigenvalue weighted by Crippen LogP contribution is 2.04. The van der Waals surface area contributed by atoms with Crippen molar-refractivity contribution < 1.29 is 23.7 Å². The molecule has 5 nitrogen and oxygen atoms in total. The SMILES string of the molecule is C=COC(C)OC(C)OCC(C)OC(=O)C(=C)C. The van der Waals surface area contributed by atoms with E-state index in [1.165, 1.54) is 6.26 Å². The van der Waals surface area contributed by atoms with Gasteiger partial charge >= 0.3 is 5.97 Å². The molecule has 0 fully saturated rings. The molecule has 0 amide bonds.